The number of halogens is 3. The summed E-state index contributed by atoms with van der Waals surface area (Å²) in [5.41, 5.74) is -0.808. The molecule has 138 valence electrons. The first kappa shape index (κ1) is 19.6. The smallest absolute Gasteiger partial charge is 0.410 e. The van der Waals surface area contributed by atoms with Crippen molar-refractivity contribution in [2.75, 3.05) is 20.1 Å². The molecule has 0 unspecified atom stereocenters. The lowest BCUT2D eigenvalue weighted by Gasteiger charge is -2.28. The molecule has 1 atom stereocenters. The van der Waals surface area contributed by atoms with E-state index in [1.54, 1.807) is 27.8 Å². The molecule has 1 saturated heterocycles. The second-order valence-electron chi connectivity index (χ2n) is 7.03. The van der Waals surface area contributed by atoms with Gasteiger partial charge in [-0.15, -0.1) is 0 Å². The number of rotatable bonds is 2. The first-order chi connectivity index (χ1) is 11.5. The van der Waals surface area contributed by atoms with E-state index in [0.717, 1.165) is 6.07 Å². The Labute approximate surface area is 154 Å². The highest BCUT2D eigenvalue weighted by molar-refractivity contribution is 9.10. The van der Waals surface area contributed by atoms with Crippen LogP contribution in [0.2, 0.25) is 0 Å². The number of carbonyl (C=O) groups excluding carboxylic acids is 2. The number of hydrogen-bond donors (Lipinski definition) is 0. The molecule has 0 bridgehead atoms. The van der Waals surface area contributed by atoms with Gasteiger partial charge in [-0.3, -0.25) is 4.79 Å². The lowest BCUT2D eigenvalue weighted by Crippen LogP contribution is -2.42. The van der Waals surface area contributed by atoms with Gasteiger partial charge in [0.25, 0.3) is 5.91 Å². The van der Waals surface area contributed by atoms with Crippen molar-refractivity contribution in [1.82, 2.24) is 9.80 Å². The minimum atomic E-state index is -0.908. The van der Waals surface area contributed by atoms with Crippen LogP contribution in [0, 0.1) is 11.6 Å². The minimum Gasteiger partial charge on any atom is -0.444 e. The van der Waals surface area contributed by atoms with Crippen molar-refractivity contribution in [1.29, 1.82) is 0 Å². The van der Waals surface area contributed by atoms with Gasteiger partial charge in [0.2, 0.25) is 0 Å². The van der Waals surface area contributed by atoms with E-state index in [0.29, 0.717) is 19.0 Å². The Kier molecular flexibility index (Phi) is 5.71. The minimum absolute atomic E-state index is 0.0267. The van der Waals surface area contributed by atoms with E-state index in [-0.39, 0.29) is 22.6 Å². The van der Waals surface area contributed by atoms with Gasteiger partial charge in [0.05, 0.1) is 16.1 Å². The van der Waals surface area contributed by atoms with Crippen molar-refractivity contribution in [3.05, 3.63) is 33.8 Å². The molecule has 0 aliphatic carbocycles. The van der Waals surface area contributed by atoms with Gasteiger partial charge in [-0.1, -0.05) is 0 Å². The third-order valence-electron chi connectivity index (χ3n) is 3.92. The summed E-state index contributed by atoms with van der Waals surface area (Å²) >= 11 is 2.96. The average Bonchev–Trinajstić information content (AvgIpc) is 2.97. The van der Waals surface area contributed by atoms with Crippen LogP contribution in [0.5, 0.6) is 0 Å². The monoisotopic (exact) mass is 418 g/mol. The zero-order valence-corrected chi connectivity index (χ0v) is 16.2. The molecule has 1 fully saturated rings. The van der Waals surface area contributed by atoms with E-state index in [4.69, 9.17) is 4.74 Å². The molecule has 8 heteroatoms. The molecule has 0 N–H and O–H groups in total. The van der Waals surface area contributed by atoms with E-state index in [1.165, 1.54) is 9.80 Å². The average molecular weight is 419 g/mol. The second-order valence-corrected chi connectivity index (χ2v) is 7.89. The van der Waals surface area contributed by atoms with E-state index < -0.39 is 29.2 Å². The van der Waals surface area contributed by atoms with Crippen LogP contribution >= 0.6 is 15.9 Å². The van der Waals surface area contributed by atoms with Gasteiger partial charge in [0.15, 0.2) is 0 Å². The maximum atomic E-state index is 13.9. The molecule has 0 spiro atoms. The highest BCUT2D eigenvalue weighted by Crippen LogP contribution is 2.24. The Morgan fingerprint density at radius 3 is 2.52 bits per heavy atom. The van der Waals surface area contributed by atoms with Gasteiger partial charge in [-0.05, 0) is 49.2 Å². The van der Waals surface area contributed by atoms with E-state index in [9.17, 15) is 18.4 Å². The van der Waals surface area contributed by atoms with Gasteiger partial charge in [0, 0.05) is 26.2 Å². The van der Waals surface area contributed by atoms with Crippen molar-refractivity contribution in [2.45, 2.75) is 38.8 Å². The fourth-order valence-electron chi connectivity index (χ4n) is 2.58. The van der Waals surface area contributed by atoms with Gasteiger partial charge < -0.3 is 14.5 Å². The van der Waals surface area contributed by atoms with Crippen molar-refractivity contribution < 1.29 is 23.1 Å². The third-order valence-corrected chi connectivity index (χ3v) is 4.53. The lowest BCUT2D eigenvalue weighted by atomic mass is 10.2. The van der Waals surface area contributed by atoms with E-state index in [1.807, 2.05) is 0 Å². The molecule has 2 rings (SSSR count). The number of ether oxygens (including phenoxy) is 1. The summed E-state index contributed by atoms with van der Waals surface area (Å²) in [6.45, 7) is 5.98. The zero-order chi connectivity index (χ0) is 18.9. The van der Waals surface area contributed by atoms with Crippen LogP contribution in [0.1, 0.15) is 37.6 Å². The Balaban J connectivity index is 2.06. The van der Waals surface area contributed by atoms with Crippen LogP contribution < -0.4 is 0 Å². The number of likely N-dealkylation sites (tertiary alicyclic amines) is 1. The highest BCUT2D eigenvalue weighted by atomic mass is 79.9. The molecular weight excluding hydrogens is 398 g/mol. The van der Waals surface area contributed by atoms with E-state index >= 15 is 0 Å². The summed E-state index contributed by atoms with van der Waals surface area (Å²) in [7, 11) is 1.61. The number of carbonyl (C=O) groups is 2. The predicted octanol–water partition coefficient (Wildman–Crippen LogP) is 3.81. The number of amides is 2. The SMILES string of the molecule is CN(C(=O)OC(C)(C)C)[C@H]1CCN(C(=O)c2cc(Br)c(F)cc2F)C1. The van der Waals surface area contributed by atoms with Crippen molar-refractivity contribution >= 4 is 27.9 Å². The first-order valence-corrected chi connectivity index (χ1v) is 8.68. The van der Waals surface area contributed by atoms with Crippen molar-refractivity contribution in [3.63, 3.8) is 0 Å². The normalized spacial score (nSPS) is 17.6. The predicted molar refractivity (Wildman–Crippen MR) is 92.4 cm³/mol. The maximum absolute atomic E-state index is 13.9. The van der Waals surface area contributed by atoms with Crippen molar-refractivity contribution in [3.8, 4) is 0 Å². The molecule has 1 aromatic carbocycles. The third kappa shape index (κ3) is 4.68. The van der Waals surface area contributed by atoms with Gasteiger partial charge in [-0.2, -0.15) is 0 Å². The summed E-state index contributed by atoms with van der Waals surface area (Å²) in [5, 5.41) is 0. The topological polar surface area (TPSA) is 49.9 Å². The highest BCUT2D eigenvalue weighted by Gasteiger charge is 2.34. The van der Waals surface area contributed by atoms with Gasteiger partial charge in [-0.25, -0.2) is 13.6 Å². The molecule has 1 aromatic rings. The largest absolute Gasteiger partial charge is 0.444 e. The Hall–Kier alpha value is -1.70. The molecule has 2 amide bonds. The quantitative estimate of drug-likeness (QED) is 0.686. The first-order valence-electron chi connectivity index (χ1n) is 7.89. The molecule has 0 radical (unpaired) electrons. The van der Waals surface area contributed by atoms with Crippen molar-refractivity contribution in [2.24, 2.45) is 0 Å². The van der Waals surface area contributed by atoms with Gasteiger partial charge in [0.1, 0.15) is 17.2 Å². The molecule has 25 heavy (non-hydrogen) atoms. The Bertz CT molecular complexity index is 691. The van der Waals surface area contributed by atoms with Crippen LogP contribution in [-0.2, 0) is 4.74 Å². The number of nitrogens with zero attached hydrogens (tertiary/aromatic N) is 2. The zero-order valence-electron chi connectivity index (χ0n) is 14.6. The van der Waals surface area contributed by atoms with Gasteiger partial charge >= 0.3 is 6.09 Å². The van der Waals surface area contributed by atoms with Crippen LogP contribution in [0.4, 0.5) is 13.6 Å². The lowest BCUT2D eigenvalue weighted by molar-refractivity contribution is 0.0226. The molecule has 1 aliphatic heterocycles. The molecule has 5 nitrogen and oxygen atoms in total. The summed E-state index contributed by atoms with van der Waals surface area (Å²) < 4.78 is 32.6. The number of benzene rings is 1. The van der Waals surface area contributed by atoms with Crippen LogP contribution in [0.25, 0.3) is 0 Å². The molecule has 0 aromatic heterocycles. The Morgan fingerprint density at radius 2 is 1.92 bits per heavy atom. The Morgan fingerprint density at radius 1 is 1.28 bits per heavy atom. The molecule has 1 aliphatic rings. The molecule has 1 heterocycles. The summed E-state index contributed by atoms with van der Waals surface area (Å²) in [6.07, 6.45) is 0.0911. The maximum Gasteiger partial charge on any atom is 0.410 e. The molecule has 0 saturated carbocycles. The fraction of sp³-hybridized carbons (Fsp3) is 0.529. The second kappa shape index (κ2) is 7.27. The van der Waals surface area contributed by atoms with Crippen LogP contribution in [0.3, 0.4) is 0 Å². The van der Waals surface area contributed by atoms with Crippen LogP contribution in [-0.4, -0.2) is 53.6 Å². The van der Waals surface area contributed by atoms with E-state index in [2.05, 4.69) is 15.9 Å². The number of hydrogen-bond acceptors (Lipinski definition) is 3. The summed E-state index contributed by atoms with van der Waals surface area (Å²) in [5.74, 6) is -2.20. The van der Waals surface area contributed by atoms with Crippen LogP contribution in [0.15, 0.2) is 16.6 Å². The summed E-state index contributed by atoms with van der Waals surface area (Å²) in [4.78, 5) is 27.5. The number of likely N-dealkylation sites (N-methyl/N-ethyl adjacent to an activating group) is 1. The fourth-order valence-corrected chi connectivity index (χ4v) is 2.93. The summed E-state index contributed by atoms with van der Waals surface area (Å²) in [6, 6.07) is 1.60. The molecular formula is C17H21BrF2N2O3. The standard InChI is InChI=1S/C17H21BrF2N2O3/c1-17(2,3)25-16(24)21(4)10-5-6-22(9-10)15(23)11-7-12(18)14(20)8-13(11)19/h7-8,10H,5-6,9H2,1-4H3/t10-/m0/s1.